The number of thiophene rings is 1. The van der Waals surface area contributed by atoms with Crippen molar-refractivity contribution in [3.63, 3.8) is 0 Å². The van der Waals surface area contributed by atoms with E-state index < -0.39 is 0 Å². The lowest BCUT2D eigenvalue weighted by Gasteiger charge is -2.26. The van der Waals surface area contributed by atoms with Crippen LogP contribution in [0.3, 0.4) is 0 Å². The van der Waals surface area contributed by atoms with E-state index in [1.165, 1.54) is 37.7 Å². The van der Waals surface area contributed by atoms with Crippen molar-refractivity contribution in [1.82, 2.24) is 5.32 Å². The van der Waals surface area contributed by atoms with Crippen molar-refractivity contribution in [1.29, 1.82) is 0 Å². The van der Waals surface area contributed by atoms with Crippen molar-refractivity contribution in [2.24, 2.45) is 5.92 Å². The van der Waals surface area contributed by atoms with E-state index in [-0.39, 0.29) is 0 Å². The van der Waals surface area contributed by atoms with E-state index in [9.17, 15) is 0 Å². The molecule has 1 heterocycles. The third-order valence-electron chi connectivity index (χ3n) is 3.94. The van der Waals surface area contributed by atoms with Crippen LogP contribution in [-0.4, -0.2) is 18.3 Å². The molecule has 2 nitrogen and oxygen atoms in total. The van der Waals surface area contributed by atoms with Gasteiger partial charge >= 0.3 is 0 Å². The molecule has 0 saturated heterocycles. The highest BCUT2D eigenvalue weighted by Gasteiger charge is 2.21. The summed E-state index contributed by atoms with van der Waals surface area (Å²) in [5.41, 5.74) is 1.53. The monoisotopic (exact) mass is 267 g/mol. The van der Waals surface area contributed by atoms with Gasteiger partial charge in [0.15, 0.2) is 0 Å². The number of hydrogen-bond donors (Lipinski definition) is 2. The maximum atomic E-state index is 9.10. The van der Waals surface area contributed by atoms with Gasteiger partial charge in [-0.1, -0.05) is 13.3 Å². The zero-order chi connectivity index (χ0) is 12.8. The summed E-state index contributed by atoms with van der Waals surface area (Å²) >= 11 is 1.90. The highest BCUT2D eigenvalue weighted by atomic mass is 32.1. The van der Waals surface area contributed by atoms with Crippen LogP contribution in [0.1, 0.15) is 55.5 Å². The topological polar surface area (TPSA) is 32.3 Å². The molecule has 0 bridgehead atoms. The summed E-state index contributed by atoms with van der Waals surface area (Å²) in [7, 11) is 0. The summed E-state index contributed by atoms with van der Waals surface area (Å²) in [6.07, 6.45) is 7.20. The van der Waals surface area contributed by atoms with E-state index in [0.717, 1.165) is 13.0 Å². The van der Waals surface area contributed by atoms with Crippen LogP contribution in [0.15, 0.2) is 11.4 Å². The normalized spacial score (nSPS) is 20.7. The third kappa shape index (κ3) is 3.56. The van der Waals surface area contributed by atoms with Gasteiger partial charge in [0.2, 0.25) is 0 Å². The summed E-state index contributed by atoms with van der Waals surface area (Å²) in [5, 5.41) is 15.1. The Labute approximate surface area is 114 Å². The molecule has 1 aromatic heterocycles. The molecule has 2 rings (SSSR count). The Hall–Kier alpha value is -0.380. The van der Waals surface area contributed by atoms with Gasteiger partial charge in [-0.2, -0.15) is 0 Å². The number of nitrogens with one attached hydrogen (secondary N) is 1. The highest BCUT2D eigenvalue weighted by molar-refractivity contribution is 7.10. The number of rotatable bonds is 7. The molecule has 18 heavy (non-hydrogen) atoms. The Kier molecular flexibility index (Phi) is 5.67. The molecule has 0 aliphatic heterocycles. The van der Waals surface area contributed by atoms with E-state index in [4.69, 9.17) is 5.11 Å². The quantitative estimate of drug-likeness (QED) is 0.792. The van der Waals surface area contributed by atoms with Gasteiger partial charge in [0.05, 0.1) is 0 Å². The Bertz CT molecular complexity index is 344. The molecule has 0 radical (unpaired) electrons. The molecule has 3 heteroatoms. The fraction of sp³-hybridized carbons (Fsp3) is 0.733. The van der Waals surface area contributed by atoms with Crippen LogP contribution >= 0.6 is 11.3 Å². The molecule has 0 aromatic carbocycles. The van der Waals surface area contributed by atoms with E-state index in [1.54, 1.807) is 4.88 Å². The first-order valence-corrected chi connectivity index (χ1v) is 8.13. The number of aryl methyl sites for hydroxylation is 1. The summed E-state index contributed by atoms with van der Waals surface area (Å²) in [5.74, 6) is 0.629. The Morgan fingerprint density at radius 3 is 3.17 bits per heavy atom. The molecule has 1 aliphatic rings. The van der Waals surface area contributed by atoms with Crippen LogP contribution < -0.4 is 5.32 Å². The van der Waals surface area contributed by atoms with Gasteiger partial charge in [0.1, 0.15) is 0 Å². The van der Waals surface area contributed by atoms with E-state index in [1.807, 2.05) is 11.3 Å². The predicted octanol–water partition coefficient (Wildman–Crippen LogP) is 3.51. The molecule has 1 aliphatic carbocycles. The number of fused-ring (bicyclic) bond motifs is 1. The van der Waals surface area contributed by atoms with E-state index in [0.29, 0.717) is 18.6 Å². The zero-order valence-electron chi connectivity index (χ0n) is 11.3. The molecule has 1 aromatic rings. The van der Waals surface area contributed by atoms with Crippen molar-refractivity contribution in [3.8, 4) is 0 Å². The van der Waals surface area contributed by atoms with Gasteiger partial charge < -0.3 is 10.4 Å². The highest BCUT2D eigenvalue weighted by Crippen LogP contribution is 2.33. The second-order valence-corrected chi connectivity index (χ2v) is 6.32. The van der Waals surface area contributed by atoms with Crippen molar-refractivity contribution < 1.29 is 5.11 Å². The van der Waals surface area contributed by atoms with Gasteiger partial charge in [0, 0.05) is 17.5 Å². The summed E-state index contributed by atoms with van der Waals surface area (Å²) in [6.45, 7) is 3.59. The van der Waals surface area contributed by atoms with Gasteiger partial charge in [-0.3, -0.25) is 0 Å². The van der Waals surface area contributed by atoms with Crippen LogP contribution in [0, 0.1) is 5.92 Å². The predicted molar refractivity (Wildman–Crippen MR) is 78.1 cm³/mol. The average molecular weight is 267 g/mol. The standard InChI is InChI=1S/C15H25NOS/c1-2-4-12(7-9-17)11-16-14-5-3-6-15-13(14)8-10-18-15/h8,10,12,14,16-17H,2-7,9,11H2,1H3. The summed E-state index contributed by atoms with van der Waals surface area (Å²) in [4.78, 5) is 1.58. The van der Waals surface area contributed by atoms with Crippen molar-refractivity contribution in [2.45, 2.75) is 51.5 Å². The lowest BCUT2D eigenvalue weighted by atomic mass is 9.92. The molecule has 0 amide bonds. The Morgan fingerprint density at radius 2 is 2.39 bits per heavy atom. The first kappa shape index (κ1) is 14.0. The lowest BCUT2D eigenvalue weighted by molar-refractivity contribution is 0.243. The molecule has 2 atom stereocenters. The second kappa shape index (κ2) is 7.27. The van der Waals surface area contributed by atoms with Gasteiger partial charge in [-0.05, 0) is 61.6 Å². The second-order valence-electron chi connectivity index (χ2n) is 5.32. The van der Waals surface area contributed by atoms with Gasteiger partial charge in [0.25, 0.3) is 0 Å². The first-order valence-electron chi connectivity index (χ1n) is 7.25. The molecule has 0 fully saturated rings. The first-order chi connectivity index (χ1) is 8.85. The van der Waals surface area contributed by atoms with E-state index >= 15 is 0 Å². The maximum absolute atomic E-state index is 9.10. The SMILES string of the molecule is CCCC(CCO)CNC1CCCc2sccc21. The number of hydrogen-bond acceptors (Lipinski definition) is 3. The minimum atomic E-state index is 0.320. The summed E-state index contributed by atoms with van der Waals surface area (Å²) < 4.78 is 0. The molecule has 102 valence electrons. The Morgan fingerprint density at radius 1 is 1.50 bits per heavy atom. The molecule has 2 N–H and O–H groups in total. The number of aliphatic hydroxyl groups is 1. The Balaban J connectivity index is 1.87. The van der Waals surface area contributed by atoms with Crippen LogP contribution in [0.4, 0.5) is 0 Å². The molecule has 2 unspecified atom stereocenters. The van der Waals surface area contributed by atoms with Crippen LogP contribution in [0.5, 0.6) is 0 Å². The smallest absolute Gasteiger partial charge is 0.0434 e. The molecule has 0 spiro atoms. The minimum absolute atomic E-state index is 0.320. The van der Waals surface area contributed by atoms with E-state index in [2.05, 4.69) is 23.7 Å². The average Bonchev–Trinajstić information content (AvgIpc) is 2.85. The van der Waals surface area contributed by atoms with Gasteiger partial charge in [-0.25, -0.2) is 0 Å². The van der Waals surface area contributed by atoms with Crippen LogP contribution in [0.2, 0.25) is 0 Å². The van der Waals surface area contributed by atoms with Gasteiger partial charge in [-0.15, -0.1) is 11.3 Å². The number of aliphatic hydroxyl groups excluding tert-OH is 1. The largest absolute Gasteiger partial charge is 0.396 e. The van der Waals surface area contributed by atoms with Crippen molar-refractivity contribution in [3.05, 3.63) is 21.9 Å². The fourth-order valence-corrected chi connectivity index (χ4v) is 3.93. The van der Waals surface area contributed by atoms with Crippen LogP contribution in [0.25, 0.3) is 0 Å². The fourth-order valence-electron chi connectivity index (χ4n) is 2.95. The minimum Gasteiger partial charge on any atom is -0.396 e. The van der Waals surface area contributed by atoms with Crippen molar-refractivity contribution >= 4 is 11.3 Å². The lowest BCUT2D eigenvalue weighted by Crippen LogP contribution is -2.29. The molecular formula is C15H25NOS. The van der Waals surface area contributed by atoms with Crippen molar-refractivity contribution in [2.75, 3.05) is 13.2 Å². The summed E-state index contributed by atoms with van der Waals surface area (Å²) in [6, 6.07) is 2.84. The molecular weight excluding hydrogens is 242 g/mol. The third-order valence-corrected chi connectivity index (χ3v) is 4.94. The zero-order valence-corrected chi connectivity index (χ0v) is 12.1. The maximum Gasteiger partial charge on any atom is 0.0434 e. The van der Waals surface area contributed by atoms with Crippen LogP contribution in [-0.2, 0) is 6.42 Å². The molecule has 0 saturated carbocycles.